The van der Waals surface area contributed by atoms with Gasteiger partial charge in [0, 0.05) is 31.4 Å². The molecule has 0 bridgehead atoms. The van der Waals surface area contributed by atoms with Crippen LogP contribution in [-0.2, 0) is 11.3 Å². The molecule has 0 saturated carbocycles. The van der Waals surface area contributed by atoms with E-state index >= 15 is 0 Å². The molecule has 0 atom stereocenters. The van der Waals surface area contributed by atoms with Gasteiger partial charge in [0.2, 0.25) is 5.91 Å². The molecule has 0 radical (unpaired) electrons. The Bertz CT molecular complexity index is 766. The van der Waals surface area contributed by atoms with Gasteiger partial charge in [0.05, 0.1) is 6.54 Å². The molecule has 2 aromatic carbocycles. The minimum atomic E-state index is -0.402. The molecule has 0 aliphatic rings. The zero-order valence-corrected chi connectivity index (χ0v) is 14.8. The van der Waals surface area contributed by atoms with Gasteiger partial charge in [-0.05, 0) is 29.8 Å². The quantitative estimate of drug-likeness (QED) is 0.634. The van der Waals surface area contributed by atoms with Gasteiger partial charge in [-0.2, -0.15) is 0 Å². The first-order valence-corrected chi connectivity index (χ1v) is 8.08. The Labute approximate surface area is 151 Å². The maximum atomic E-state index is 13.1. The van der Waals surface area contributed by atoms with Crippen molar-refractivity contribution in [2.24, 2.45) is 4.99 Å². The van der Waals surface area contributed by atoms with Gasteiger partial charge < -0.3 is 15.5 Å². The van der Waals surface area contributed by atoms with Gasteiger partial charge in [-0.1, -0.05) is 35.9 Å². The van der Waals surface area contributed by atoms with Gasteiger partial charge in [-0.3, -0.25) is 9.79 Å². The van der Waals surface area contributed by atoms with E-state index < -0.39 is 5.82 Å². The highest BCUT2D eigenvalue weighted by molar-refractivity contribution is 6.31. The number of hydrogen-bond donors (Lipinski definition) is 2. The van der Waals surface area contributed by atoms with Crippen molar-refractivity contribution < 1.29 is 9.18 Å². The van der Waals surface area contributed by atoms with Crippen molar-refractivity contribution in [3.8, 4) is 0 Å². The second kappa shape index (κ2) is 9.03. The molecule has 0 heterocycles. The SMILES string of the molecule is CN=C(NCC(=O)Nc1cccc(F)c1)N(C)Cc1ccccc1Cl. The van der Waals surface area contributed by atoms with Crippen LogP contribution in [0, 0.1) is 5.82 Å². The van der Waals surface area contributed by atoms with Crippen LogP contribution >= 0.6 is 11.6 Å². The third kappa shape index (κ3) is 5.76. The van der Waals surface area contributed by atoms with E-state index in [-0.39, 0.29) is 12.5 Å². The lowest BCUT2D eigenvalue weighted by molar-refractivity contribution is -0.115. The van der Waals surface area contributed by atoms with Gasteiger partial charge in [0.1, 0.15) is 5.82 Å². The van der Waals surface area contributed by atoms with Crippen molar-refractivity contribution in [1.82, 2.24) is 10.2 Å². The number of aliphatic imine (C=N–C) groups is 1. The molecule has 7 heteroatoms. The molecule has 2 N–H and O–H groups in total. The molecule has 25 heavy (non-hydrogen) atoms. The van der Waals surface area contributed by atoms with Crippen LogP contribution in [0.4, 0.5) is 10.1 Å². The first-order valence-electron chi connectivity index (χ1n) is 7.70. The number of nitrogens with zero attached hydrogens (tertiary/aromatic N) is 2. The molecule has 132 valence electrons. The first-order chi connectivity index (χ1) is 12.0. The van der Waals surface area contributed by atoms with Crippen molar-refractivity contribution in [2.75, 3.05) is 26.0 Å². The van der Waals surface area contributed by atoms with Gasteiger partial charge in [-0.15, -0.1) is 0 Å². The van der Waals surface area contributed by atoms with E-state index in [4.69, 9.17) is 11.6 Å². The highest BCUT2D eigenvalue weighted by Crippen LogP contribution is 2.16. The molecule has 0 unspecified atom stereocenters. The van der Waals surface area contributed by atoms with Crippen LogP contribution in [0.5, 0.6) is 0 Å². The fraction of sp³-hybridized carbons (Fsp3) is 0.222. The Morgan fingerprint density at radius 1 is 1.24 bits per heavy atom. The lowest BCUT2D eigenvalue weighted by Crippen LogP contribution is -2.42. The molecular weight excluding hydrogens is 343 g/mol. The second-order valence-electron chi connectivity index (χ2n) is 5.41. The minimum Gasteiger partial charge on any atom is -0.347 e. The summed E-state index contributed by atoms with van der Waals surface area (Å²) in [5.41, 5.74) is 1.37. The number of carbonyl (C=O) groups is 1. The van der Waals surface area contributed by atoms with Crippen molar-refractivity contribution in [3.63, 3.8) is 0 Å². The number of amides is 1. The van der Waals surface area contributed by atoms with E-state index in [0.29, 0.717) is 23.2 Å². The van der Waals surface area contributed by atoms with Gasteiger partial charge in [0.25, 0.3) is 0 Å². The molecule has 0 aromatic heterocycles. The third-order valence-electron chi connectivity index (χ3n) is 3.45. The Morgan fingerprint density at radius 2 is 2.00 bits per heavy atom. The van der Waals surface area contributed by atoms with Crippen LogP contribution in [0.25, 0.3) is 0 Å². The van der Waals surface area contributed by atoms with Gasteiger partial charge >= 0.3 is 0 Å². The molecule has 5 nitrogen and oxygen atoms in total. The summed E-state index contributed by atoms with van der Waals surface area (Å²) in [4.78, 5) is 18.0. The number of benzene rings is 2. The Hall–Kier alpha value is -2.60. The smallest absolute Gasteiger partial charge is 0.243 e. The molecule has 0 aliphatic heterocycles. The van der Waals surface area contributed by atoms with Crippen LogP contribution in [0.2, 0.25) is 5.02 Å². The normalized spacial score (nSPS) is 11.1. The van der Waals surface area contributed by atoms with Crippen LogP contribution in [-0.4, -0.2) is 37.4 Å². The molecule has 0 saturated heterocycles. The second-order valence-corrected chi connectivity index (χ2v) is 5.81. The van der Waals surface area contributed by atoms with Crippen molar-refractivity contribution in [1.29, 1.82) is 0 Å². The number of rotatable bonds is 5. The predicted molar refractivity (Wildman–Crippen MR) is 99.3 cm³/mol. The van der Waals surface area contributed by atoms with Crippen LogP contribution in [0.3, 0.4) is 0 Å². The highest BCUT2D eigenvalue weighted by atomic mass is 35.5. The Balaban J connectivity index is 1.89. The number of carbonyl (C=O) groups excluding carboxylic acids is 1. The number of nitrogens with one attached hydrogen (secondary N) is 2. The van der Waals surface area contributed by atoms with E-state index in [1.807, 2.05) is 36.2 Å². The summed E-state index contributed by atoms with van der Waals surface area (Å²) in [7, 11) is 3.49. The van der Waals surface area contributed by atoms with Gasteiger partial charge in [0.15, 0.2) is 5.96 Å². The van der Waals surface area contributed by atoms with Gasteiger partial charge in [-0.25, -0.2) is 4.39 Å². The molecule has 2 rings (SSSR count). The minimum absolute atomic E-state index is 0.00997. The third-order valence-corrected chi connectivity index (χ3v) is 3.82. The molecule has 0 fully saturated rings. The van der Waals surface area contributed by atoms with E-state index in [1.165, 1.54) is 18.2 Å². The van der Waals surface area contributed by atoms with E-state index in [1.54, 1.807) is 13.1 Å². The molecule has 1 amide bonds. The summed E-state index contributed by atoms with van der Waals surface area (Å²) < 4.78 is 13.1. The standard InChI is InChI=1S/C18H20ClFN4O/c1-21-18(24(2)12-13-6-3-4-9-16(13)19)22-11-17(25)23-15-8-5-7-14(20)10-15/h3-10H,11-12H2,1-2H3,(H,21,22)(H,23,25). The van der Waals surface area contributed by atoms with Crippen LogP contribution in [0.1, 0.15) is 5.56 Å². The largest absolute Gasteiger partial charge is 0.347 e. The zero-order valence-electron chi connectivity index (χ0n) is 14.1. The summed E-state index contributed by atoms with van der Waals surface area (Å²) in [6.07, 6.45) is 0. The Morgan fingerprint density at radius 3 is 2.68 bits per heavy atom. The fourth-order valence-corrected chi connectivity index (χ4v) is 2.47. The Kier molecular flexibility index (Phi) is 6.77. The topological polar surface area (TPSA) is 56.7 Å². The van der Waals surface area contributed by atoms with E-state index in [2.05, 4.69) is 15.6 Å². The van der Waals surface area contributed by atoms with Crippen molar-refractivity contribution in [2.45, 2.75) is 6.54 Å². The average Bonchev–Trinajstić information content (AvgIpc) is 2.57. The predicted octanol–water partition coefficient (Wildman–Crippen LogP) is 3.13. The lowest BCUT2D eigenvalue weighted by Gasteiger charge is -2.22. The maximum Gasteiger partial charge on any atom is 0.243 e. The summed E-state index contributed by atoms with van der Waals surface area (Å²) in [6, 6.07) is 13.3. The summed E-state index contributed by atoms with van der Waals surface area (Å²) in [6.45, 7) is 0.556. The summed E-state index contributed by atoms with van der Waals surface area (Å²) in [5, 5.41) is 6.27. The molecule has 0 spiro atoms. The van der Waals surface area contributed by atoms with Crippen molar-refractivity contribution >= 4 is 29.2 Å². The first kappa shape index (κ1) is 18.7. The van der Waals surface area contributed by atoms with Crippen LogP contribution < -0.4 is 10.6 Å². The van der Waals surface area contributed by atoms with Crippen molar-refractivity contribution in [3.05, 3.63) is 64.9 Å². The number of hydrogen-bond acceptors (Lipinski definition) is 2. The summed E-state index contributed by atoms with van der Waals surface area (Å²) in [5.74, 6) is -0.145. The van der Waals surface area contributed by atoms with Crippen LogP contribution in [0.15, 0.2) is 53.5 Å². The zero-order chi connectivity index (χ0) is 18.2. The summed E-state index contributed by atoms with van der Waals surface area (Å²) >= 11 is 6.17. The molecule has 0 aliphatic carbocycles. The number of anilines is 1. The molecular formula is C18H20ClFN4O. The maximum absolute atomic E-state index is 13.1. The van der Waals surface area contributed by atoms with E-state index in [0.717, 1.165) is 5.56 Å². The average molecular weight is 363 g/mol. The monoisotopic (exact) mass is 362 g/mol. The lowest BCUT2D eigenvalue weighted by atomic mass is 10.2. The number of guanidine groups is 1. The fourth-order valence-electron chi connectivity index (χ4n) is 2.27. The number of halogens is 2. The van der Waals surface area contributed by atoms with E-state index in [9.17, 15) is 9.18 Å². The molecule has 2 aromatic rings. The highest BCUT2D eigenvalue weighted by Gasteiger charge is 2.10.